The van der Waals surface area contributed by atoms with E-state index >= 15 is 0 Å². The Bertz CT molecular complexity index is 1310. The maximum atomic E-state index is 6.67. The molecule has 198 valence electrons. The molecule has 4 atom stereocenters. The van der Waals surface area contributed by atoms with Crippen LogP contribution in [-0.4, -0.2) is 60.5 Å². The molecule has 37 heavy (non-hydrogen) atoms. The summed E-state index contributed by atoms with van der Waals surface area (Å²) in [7, 11) is -1.96. The van der Waals surface area contributed by atoms with Gasteiger partial charge in [0.15, 0.2) is 20.1 Å². The molecular formula is C27H33BrClN3O4Si. The lowest BCUT2D eigenvalue weighted by Gasteiger charge is -2.39. The summed E-state index contributed by atoms with van der Waals surface area (Å²) in [4.78, 5) is 9.53. The third kappa shape index (κ3) is 5.14. The van der Waals surface area contributed by atoms with Gasteiger partial charge in [-0.3, -0.25) is 4.57 Å². The standard InChI is InChI=1S/C27H33BrClN3O4Si/c1-7-12-32-19-13-18(29)22(16-8-10-17(28)11-9-16)30-25(19)31-26(32)35-20-14-33-24-21(15-34-23(20)24)36-37(5,6)27(2,3)4/h7-11,13,20-21,23-24H,1,12,14-15H2,2-6H3/t20-,21-,23-,24-/m1/s1. The number of nitrogens with zero attached hydrogens (tertiary/aromatic N) is 3. The second kappa shape index (κ2) is 10.1. The minimum atomic E-state index is -1.96. The second-order valence-corrected chi connectivity index (χ2v) is 17.2. The highest BCUT2D eigenvalue weighted by Gasteiger charge is 2.52. The average Bonchev–Trinajstić information content (AvgIpc) is 3.50. The lowest BCUT2D eigenvalue weighted by molar-refractivity contribution is 0.0105. The molecule has 0 radical (unpaired) electrons. The highest BCUT2D eigenvalue weighted by Crippen LogP contribution is 2.41. The van der Waals surface area contributed by atoms with Crippen molar-refractivity contribution in [1.82, 2.24) is 14.5 Å². The Morgan fingerprint density at radius 3 is 2.43 bits per heavy atom. The lowest BCUT2D eigenvalue weighted by Crippen LogP contribution is -2.47. The van der Waals surface area contributed by atoms with Crippen LogP contribution in [0.4, 0.5) is 0 Å². The van der Waals surface area contributed by atoms with E-state index in [4.69, 9.17) is 40.2 Å². The maximum absolute atomic E-state index is 6.67. The first-order chi connectivity index (χ1) is 17.5. The van der Waals surface area contributed by atoms with E-state index in [0.29, 0.717) is 42.1 Å². The van der Waals surface area contributed by atoms with Gasteiger partial charge in [-0.2, -0.15) is 4.98 Å². The van der Waals surface area contributed by atoms with E-state index in [1.54, 1.807) is 6.08 Å². The van der Waals surface area contributed by atoms with Crippen molar-refractivity contribution in [3.05, 3.63) is 52.5 Å². The first-order valence-corrected chi connectivity index (χ1v) is 16.6. The number of rotatable bonds is 7. The minimum absolute atomic E-state index is 0.0968. The third-order valence-corrected chi connectivity index (χ3v) is 12.9. The molecular weight excluding hydrogens is 574 g/mol. The van der Waals surface area contributed by atoms with Crippen molar-refractivity contribution in [1.29, 1.82) is 0 Å². The van der Waals surface area contributed by atoms with Gasteiger partial charge in [0.2, 0.25) is 0 Å². The number of ether oxygens (including phenoxy) is 3. The van der Waals surface area contributed by atoms with Crippen molar-refractivity contribution in [2.24, 2.45) is 0 Å². The van der Waals surface area contributed by atoms with Gasteiger partial charge in [0.05, 0.1) is 35.6 Å². The van der Waals surface area contributed by atoms with Gasteiger partial charge >= 0.3 is 0 Å². The molecule has 0 N–H and O–H groups in total. The number of benzene rings is 1. The topological polar surface area (TPSA) is 67.6 Å². The summed E-state index contributed by atoms with van der Waals surface area (Å²) in [5.74, 6) is 0. The first kappa shape index (κ1) is 26.8. The van der Waals surface area contributed by atoms with Crippen LogP contribution >= 0.6 is 27.5 Å². The Balaban J connectivity index is 1.40. The third-order valence-electron chi connectivity index (χ3n) is 7.56. The average molecular weight is 607 g/mol. The number of pyridine rings is 1. The van der Waals surface area contributed by atoms with Crippen LogP contribution in [0.3, 0.4) is 0 Å². The van der Waals surface area contributed by atoms with Crippen LogP contribution in [0.5, 0.6) is 6.01 Å². The zero-order valence-corrected chi connectivity index (χ0v) is 25.2. The maximum Gasteiger partial charge on any atom is 0.299 e. The molecule has 3 aromatic rings. The number of hydrogen-bond acceptors (Lipinski definition) is 6. The quantitative estimate of drug-likeness (QED) is 0.222. The second-order valence-electron chi connectivity index (χ2n) is 11.1. The molecule has 0 aliphatic carbocycles. The van der Waals surface area contributed by atoms with Crippen LogP contribution < -0.4 is 4.74 Å². The first-order valence-electron chi connectivity index (χ1n) is 12.5. The van der Waals surface area contributed by atoms with Gasteiger partial charge < -0.3 is 18.6 Å². The Hall–Kier alpha value is -1.75. The predicted octanol–water partition coefficient (Wildman–Crippen LogP) is 6.64. The van der Waals surface area contributed by atoms with Crippen molar-refractivity contribution < 1.29 is 18.6 Å². The van der Waals surface area contributed by atoms with Gasteiger partial charge in [-0.05, 0) is 36.3 Å². The summed E-state index contributed by atoms with van der Waals surface area (Å²) in [6.45, 7) is 16.5. The Labute approximate surface area is 232 Å². The van der Waals surface area contributed by atoms with Crippen LogP contribution in [-0.2, 0) is 20.4 Å². The van der Waals surface area contributed by atoms with Crippen LogP contribution in [0.15, 0.2) is 47.5 Å². The molecule has 1 aromatic carbocycles. The Kier molecular flexibility index (Phi) is 7.32. The molecule has 10 heteroatoms. The molecule has 0 bridgehead atoms. The largest absolute Gasteiger partial charge is 0.456 e. The van der Waals surface area contributed by atoms with E-state index in [0.717, 1.165) is 15.6 Å². The fourth-order valence-electron chi connectivity index (χ4n) is 4.53. The molecule has 5 rings (SSSR count). The van der Waals surface area contributed by atoms with Crippen molar-refractivity contribution >= 4 is 47.0 Å². The van der Waals surface area contributed by atoms with E-state index in [-0.39, 0.29) is 29.5 Å². The van der Waals surface area contributed by atoms with Crippen LogP contribution in [0.2, 0.25) is 23.2 Å². The molecule has 0 unspecified atom stereocenters. The van der Waals surface area contributed by atoms with Gasteiger partial charge in [0.25, 0.3) is 6.01 Å². The zero-order valence-electron chi connectivity index (χ0n) is 21.8. The predicted molar refractivity (Wildman–Crippen MR) is 152 cm³/mol. The van der Waals surface area contributed by atoms with E-state index < -0.39 is 8.32 Å². The zero-order chi connectivity index (χ0) is 26.5. The molecule has 0 amide bonds. The number of hydrogen-bond donors (Lipinski definition) is 0. The number of aromatic nitrogens is 3. The van der Waals surface area contributed by atoms with Crippen molar-refractivity contribution in [3.63, 3.8) is 0 Å². The highest BCUT2D eigenvalue weighted by molar-refractivity contribution is 9.10. The van der Waals surface area contributed by atoms with E-state index in [1.165, 1.54) is 0 Å². The van der Waals surface area contributed by atoms with Crippen molar-refractivity contribution in [2.75, 3.05) is 13.2 Å². The Morgan fingerprint density at radius 2 is 1.78 bits per heavy atom. The summed E-state index contributed by atoms with van der Waals surface area (Å²) < 4.78 is 28.3. The fraction of sp³-hybridized carbons (Fsp3) is 0.481. The number of allylic oxidation sites excluding steroid dienone is 1. The normalized spacial score (nSPS) is 24.0. The van der Waals surface area contributed by atoms with Crippen molar-refractivity contribution in [3.8, 4) is 17.3 Å². The molecule has 2 aromatic heterocycles. The smallest absolute Gasteiger partial charge is 0.299 e. The molecule has 2 saturated heterocycles. The van der Waals surface area contributed by atoms with Crippen LogP contribution in [0.25, 0.3) is 22.4 Å². The number of halogens is 2. The lowest BCUT2D eigenvalue weighted by atomic mass is 10.1. The SMILES string of the molecule is C=CCn1c(O[C@@H]2CO[C@H]3[C@@H]2OC[C@H]3O[Si](C)(C)C(C)(C)C)nc2nc(-c3ccc(Br)cc3)c(Cl)cc21. The summed E-state index contributed by atoms with van der Waals surface area (Å²) >= 11 is 10.1. The molecule has 7 nitrogen and oxygen atoms in total. The molecule has 0 spiro atoms. The molecule has 2 aliphatic heterocycles. The molecule has 0 saturated carbocycles. The van der Waals surface area contributed by atoms with Gasteiger partial charge in [-0.1, -0.05) is 66.5 Å². The minimum Gasteiger partial charge on any atom is -0.456 e. The van der Waals surface area contributed by atoms with Gasteiger partial charge in [0.1, 0.15) is 12.2 Å². The Morgan fingerprint density at radius 1 is 1.14 bits per heavy atom. The van der Waals surface area contributed by atoms with E-state index in [9.17, 15) is 0 Å². The molecule has 4 heterocycles. The molecule has 2 fully saturated rings. The summed E-state index contributed by atoms with van der Waals surface area (Å²) in [5, 5.41) is 0.652. The van der Waals surface area contributed by atoms with Gasteiger partial charge in [0, 0.05) is 16.6 Å². The van der Waals surface area contributed by atoms with E-state index in [2.05, 4.69) is 56.4 Å². The molecule has 2 aliphatic rings. The fourth-order valence-corrected chi connectivity index (χ4v) is 6.36. The van der Waals surface area contributed by atoms with Crippen LogP contribution in [0, 0.1) is 0 Å². The number of imidazole rings is 1. The van der Waals surface area contributed by atoms with E-state index in [1.807, 2.05) is 34.9 Å². The van der Waals surface area contributed by atoms with Crippen molar-refractivity contribution in [2.45, 2.75) is 69.9 Å². The van der Waals surface area contributed by atoms with Crippen LogP contribution in [0.1, 0.15) is 20.8 Å². The highest BCUT2D eigenvalue weighted by atomic mass is 79.9. The summed E-state index contributed by atoms with van der Waals surface area (Å²) in [6.07, 6.45) is 1.02. The number of fused-ring (bicyclic) bond motifs is 2. The summed E-state index contributed by atoms with van der Waals surface area (Å²) in [5.41, 5.74) is 2.92. The van der Waals surface area contributed by atoms with Gasteiger partial charge in [-0.15, -0.1) is 6.58 Å². The monoisotopic (exact) mass is 605 g/mol. The summed E-state index contributed by atoms with van der Waals surface area (Å²) in [6, 6.07) is 10.2. The van der Waals surface area contributed by atoms with Gasteiger partial charge in [-0.25, -0.2) is 4.98 Å².